The zero-order chi connectivity index (χ0) is 37.4. The van der Waals surface area contributed by atoms with Crippen LogP contribution in [0, 0.1) is 0 Å². The summed E-state index contributed by atoms with van der Waals surface area (Å²) in [5.74, 6) is 0.602. The Hall–Kier alpha value is -7.16. The van der Waals surface area contributed by atoms with Crippen molar-refractivity contribution in [1.29, 1.82) is 0 Å². The molecule has 8 aromatic carbocycles. The average molecular weight is 705 g/mol. The fourth-order valence-electron chi connectivity index (χ4n) is 7.03. The lowest BCUT2D eigenvalue weighted by atomic mass is 9.89. The maximum absolute atomic E-state index is 5.31. The van der Waals surface area contributed by atoms with Gasteiger partial charge in [-0.1, -0.05) is 195 Å². The monoisotopic (exact) mass is 704 g/mol. The summed E-state index contributed by atoms with van der Waals surface area (Å²) in [6.45, 7) is 6.65. The molecule has 0 radical (unpaired) electrons. The molecule has 0 aliphatic heterocycles. The summed E-state index contributed by atoms with van der Waals surface area (Å²) in [6.07, 6.45) is 0. The third kappa shape index (κ3) is 7.95. The first kappa shape index (κ1) is 34.9. The van der Waals surface area contributed by atoms with Crippen molar-refractivity contribution in [2.45, 2.75) is 6.92 Å². The van der Waals surface area contributed by atoms with Crippen LogP contribution in [0.15, 0.2) is 229 Å². The molecule has 0 saturated carbocycles. The van der Waals surface area contributed by atoms with Crippen molar-refractivity contribution in [1.82, 2.24) is 0 Å². The van der Waals surface area contributed by atoms with Gasteiger partial charge in [0.15, 0.2) is 5.84 Å². The average Bonchev–Trinajstić information content (AvgIpc) is 3.27. The van der Waals surface area contributed by atoms with Crippen LogP contribution in [0.5, 0.6) is 0 Å². The second-order valence-electron chi connectivity index (χ2n) is 13.5. The van der Waals surface area contributed by atoms with Crippen LogP contribution in [-0.2, 0) is 0 Å². The molecule has 0 amide bonds. The lowest BCUT2D eigenvalue weighted by Gasteiger charge is -2.16. The van der Waals surface area contributed by atoms with Crippen molar-refractivity contribution in [3.63, 3.8) is 0 Å². The number of benzene rings is 8. The SMILES string of the molecule is C=C(/N=C(\N=C(/C)c1cc(-c2ccccc2)cc(-c2cccc(-c3ccccc3)c2)c1)c1ccccc1)c1cccc(-c2ccccc2)c1-c1ccccc1. The fraction of sp³-hybridized carbons (Fsp3) is 0.0189. The van der Waals surface area contributed by atoms with Crippen LogP contribution in [0.4, 0.5) is 0 Å². The van der Waals surface area contributed by atoms with E-state index in [9.17, 15) is 0 Å². The molecule has 2 heteroatoms. The number of nitrogens with zero attached hydrogens (tertiary/aromatic N) is 2. The maximum Gasteiger partial charge on any atom is 0.160 e. The summed E-state index contributed by atoms with van der Waals surface area (Å²) < 4.78 is 0. The number of aliphatic imine (C=N–C) groups is 2. The highest BCUT2D eigenvalue weighted by molar-refractivity contribution is 6.13. The molecular weight excluding hydrogens is 665 g/mol. The highest BCUT2D eigenvalue weighted by Gasteiger charge is 2.16. The maximum atomic E-state index is 5.31. The topological polar surface area (TPSA) is 24.7 Å². The standard InChI is InChI=1S/C53H40N2/c1-38(47-35-48(41-22-10-4-11-23-41)37-49(36-47)46-31-18-30-45(34-46)40-20-8-3-9-21-40)54-53(44-28-16-7-17-29-44)55-39(2)50-32-19-33-51(42-24-12-5-13-25-42)52(50)43-26-14-6-15-27-43/h3-37H,2H2,1H3/b54-38+,55-53-. The van der Waals surface area contributed by atoms with Crippen molar-refractivity contribution < 1.29 is 0 Å². The lowest BCUT2D eigenvalue weighted by molar-refractivity contribution is 1.43. The van der Waals surface area contributed by atoms with E-state index >= 15 is 0 Å². The van der Waals surface area contributed by atoms with Crippen LogP contribution in [-0.4, -0.2) is 11.5 Å². The molecule has 0 aliphatic carbocycles. The summed E-state index contributed by atoms with van der Waals surface area (Å²) in [5.41, 5.74) is 15.8. The van der Waals surface area contributed by atoms with Gasteiger partial charge in [-0.2, -0.15) is 0 Å². The van der Waals surface area contributed by atoms with E-state index in [1.165, 1.54) is 11.1 Å². The molecule has 0 unspecified atom stereocenters. The van der Waals surface area contributed by atoms with Crippen LogP contribution >= 0.6 is 0 Å². The van der Waals surface area contributed by atoms with E-state index in [4.69, 9.17) is 9.98 Å². The third-order valence-corrected chi connectivity index (χ3v) is 9.83. The number of hydrogen-bond acceptors (Lipinski definition) is 1. The summed E-state index contributed by atoms with van der Waals surface area (Å²) >= 11 is 0. The van der Waals surface area contributed by atoms with Gasteiger partial charge in [-0.25, -0.2) is 9.98 Å². The normalized spacial score (nSPS) is 11.7. The Morgan fingerprint density at radius 1 is 0.364 bits per heavy atom. The summed E-state index contributed by atoms with van der Waals surface area (Å²) in [7, 11) is 0. The molecule has 2 nitrogen and oxygen atoms in total. The first-order valence-corrected chi connectivity index (χ1v) is 18.6. The molecule has 262 valence electrons. The van der Waals surface area contributed by atoms with E-state index in [-0.39, 0.29) is 0 Å². The van der Waals surface area contributed by atoms with Crippen LogP contribution in [0.2, 0.25) is 0 Å². The second-order valence-corrected chi connectivity index (χ2v) is 13.5. The minimum absolute atomic E-state index is 0.602. The van der Waals surface area contributed by atoms with Crippen LogP contribution < -0.4 is 0 Å². The summed E-state index contributed by atoms with van der Waals surface area (Å²) in [5, 5.41) is 0. The molecule has 0 fully saturated rings. The van der Waals surface area contributed by atoms with Crippen LogP contribution in [0.1, 0.15) is 23.6 Å². The molecule has 0 aliphatic rings. The van der Waals surface area contributed by atoms with E-state index < -0.39 is 0 Å². The quantitative estimate of drug-likeness (QED) is 0.106. The summed E-state index contributed by atoms with van der Waals surface area (Å²) in [4.78, 5) is 10.6. The number of amidine groups is 1. The molecule has 8 aromatic rings. The van der Waals surface area contributed by atoms with E-state index in [2.05, 4.69) is 195 Å². The fourth-order valence-corrected chi connectivity index (χ4v) is 7.03. The summed E-state index contributed by atoms with van der Waals surface area (Å²) in [6, 6.07) is 74.1. The molecule has 0 N–H and O–H groups in total. The minimum Gasteiger partial charge on any atom is -0.233 e. The Morgan fingerprint density at radius 3 is 1.40 bits per heavy atom. The molecule has 0 bridgehead atoms. The minimum atomic E-state index is 0.602. The van der Waals surface area contributed by atoms with Gasteiger partial charge in [-0.05, 0) is 92.4 Å². The predicted octanol–water partition coefficient (Wildman–Crippen LogP) is 13.9. The molecule has 55 heavy (non-hydrogen) atoms. The molecule has 0 heterocycles. The Balaban J connectivity index is 1.26. The molecule has 0 aromatic heterocycles. The molecule has 0 atom stereocenters. The molecule has 0 saturated heterocycles. The van der Waals surface area contributed by atoms with Crippen molar-refractivity contribution >= 4 is 17.2 Å². The third-order valence-electron chi connectivity index (χ3n) is 9.83. The van der Waals surface area contributed by atoms with E-state index in [0.29, 0.717) is 11.5 Å². The van der Waals surface area contributed by atoms with Crippen LogP contribution in [0.3, 0.4) is 0 Å². The van der Waals surface area contributed by atoms with Crippen molar-refractivity contribution in [3.05, 3.63) is 236 Å². The van der Waals surface area contributed by atoms with Crippen molar-refractivity contribution in [2.75, 3.05) is 0 Å². The number of hydrogen-bond donors (Lipinski definition) is 0. The van der Waals surface area contributed by atoms with E-state index in [1.807, 2.05) is 30.3 Å². The van der Waals surface area contributed by atoms with Crippen LogP contribution in [0.25, 0.3) is 61.3 Å². The molecule has 0 spiro atoms. The zero-order valence-corrected chi connectivity index (χ0v) is 30.8. The van der Waals surface area contributed by atoms with Gasteiger partial charge in [0, 0.05) is 16.8 Å². The molecular formula is C53H40N2. The Kier molecular flexibility index (Phi) is 10.3. The van der Waals surface area contributed by atoms with Gasteiger partial charge >= 0.3 is 0 Å². The first-order chi connectivity index (χ1) is 27.1. The Morgan fingerprint density at radius 2 is 0.800 bits per heavy atom. The van der Waals surface area contributed by atoms with Gasteiger partial charge < -0.3 is 0 Å². The van der Waals surface area contributed by atoms with Gasteiger partial charge in [0.25, 0.3) is 0 Å². The highest BCUT2D eigenvalue weighted by Crippen LogP contribution is 2.38. The highest BCUT2D eigenvalue weighted by atomic mass is 14.9. The van der Waals surface area contributed by atoms with Crippen molar-refractivity contribution in [3.8, 4) is 55.6 Å². The van der Waals surface area contributed by atoms with Gasteiger partial charge in [0.1, 0.15) is 0 Å². The zero-order valence-electron chi connectivity index (χ0n) is 30.8. The van der Waals surface area contributed by atoms with Gasteiger partial charge in [0.05, 0.1) is 5.70 Å². The molecule has 8 rings (SSSR count). The van der Waals surface area contributed by atoms with Gasteiger partial charge in [-0.15, -0.1) is 0 Å². The second kappa shape index (κ2) is 16.2. The first-order valence-electron chi connectivity index (χ1n) is 18.6. The van der Waals surface area contributed by atoms with E-state index in [0.717, 1.165) is 66.9 Å². The Labute approximate surface area is 324 Å². The Bertz CT molecular complexity index is 2620. The van der Waals surface area contributed by atoms with Gasteiger partial charge in [-0.3, -0.25) is 0 Å². The smallest absolute Gasteiger partial charge is 0.160 e. The lowest BCUT2D eigenvalue weighted by Crippen LogP contribution is -2.05. The number of rotatable bonds is 9. The predicted molar refractivity (Wildman–Crippen MR) is 234 cm³/mol. The van der Waals surface area contributed by atoms with E-state index in [1.54, 1.807) is 0 Å². The van der Waals surface area contributed by atoms with Crippen molar-refractivity contribution in [2.24, 2.45) is 9.98 Å². The van der Waals surface area contributed by atoms with Gasteiger partial charge in [0.2, 0.25) is 0 Å². The largest absolute Gasteiger partial charge is 0.233 e.